The Labute approximate surface area is 119 Å². The number of thiophene rings is 1. The predicted molar refractivity (Wildman–Crippen MR) is 76.6 cm³/mol. The number of aliphatic hydroxyl groups excluding tert-OH is 1. The van der Waals surface area contributed by atoms with E-state index in [1.54, 1.807) is 16.4 Å². The van der Waals surface area contributed by atoms with Crippen molar-refractivity contribution in [1.82, 2.24) is 4.31 Å². The van der Waals surface area contributed by atoms with E-state index in [0.29, 0.717) is 34.0 Å². The summed E-state index contributed by atoms with van der Waals surface area (Å²) in [4.78, 5) is 0.690. The molecule has 2 heterocycles. The molecule has 0 spiro atoms. The Kier molecular flexibility index (Phi) is 4.66. The monoisotopic (exact) mass is 303 g/mol. The molecule has 0 bridgehead atoms. The highest BCUT2D eigenvalue weighted by Gasteiger charge is 2.31. The fourth-order valence-corrected chi connectivity index (χ4v) is 5.33. The maximum Gasteiger partial charge on any atom is 0.252 e. The smallest absolute Gasteiger partial charge is 0.252 e. The molecule has 0 amide bonds. The maximum atomic E-state index is 12.4. The van der Waals surface area contributed by atoms with Crippen molar-refractivity contribution in [3.63, 3.8) is 0 Å². The molecule has 0 aromatic carbocycles. The molecule has 19 heavy (non-hydrogen) atoms. The van der Waals surface area contributed by atoms with E-state index in [0.717, 1.165) is 24.2 Å². The topological polar surface area (TPSA) is 57.6 Å². The van der Waals surface area contributed by atoms with Crippen molar-refractivity contribution in [3.8, 4) is 0 Å². The molecule has 2 rings (SSSR count). The van der Waals surface area contributed by atoms with Crippen molar-refractivity contribution in [1.29, 1.82) is 0 Å². The summed E-state index contributed by atoms with van der Waals surface area (Å²) in [6.45, 7) is 5.51. The van der Waals surface area contributed by atoms with Crippen LogP contribution >= 0.6 is 11.3 Å². The van der Waals surface area contributed by atoms with Gasteiger partial charge in [-0.25, -0.2) is 8.42 Å². The van der Waals surface area contributed by atoms with Gasteiger partial charge in [0.05, 0.1) is 6.61 Å². The lowest BCUT2D eigenvalue weighted by Crippen LogP contribution is -2.39. The van der Waals surface area contributed by atoms with Gasteiger partial charge in [-0.05, 0) is 36.8 Å². The molecule has 1 saturated heterocycles. The van der Waals surface area contributed by atoms with Crippen molar-refractivity contribution in [2.45, 2.75) is 37.5 Å². The van der Waals surface area contributed by atoms with E-state index in [-0.39, 0.29) is 6.61 Å². The minimum Gasteiger partial charge on any atom is -0.391 e. The zero-order valence-electron chi connectivity index (χ0n) is 11.4. The number of nitrogens with zero attached hydrogens (tertiary/aromatic N) is 1. The lowest BCUT2D eigenvalue weighted by atomic mass is 9.87. The Bertz CT molecular complexity index is 514. The Morgan fingerprint density at radius 3 is 2.47 bits per heavy atom. The summed E-state index contributed by atoms with van der Waals surface area (Å²) < 4.78 is 26.8. The van der Waals surface area contributed by atoms with Crippen LogP contribution in [0.4, 0.5) is 0 Å². The van der Waals surface area contributed by atoms with Gasteiger partial charge < -0.3 is 5.11 Å². The van der Waals surface area contributed by atoms with Gasteiger partial charge in [0.1, 0.15) is 4.21 Å². The van der Waals surface area contributed by atoms with E-state index in [1.807, 2.05) is 0 Å². The van der Waals surface area contributed by atoms with Crippen molar-refractivity contribution in [2.75, 3.05) is 13.1 Å². The highest BCUT2D eigenvalue weighted by Crippen LogP contribution is 2.30. The average molecular weight is 303 g/mol. The minimum atomic E-state index is -3.36. The molecule has 0 unspecified atom stereocenters. The molecule has 1 fully saturated rings. The van der Waals surface area contributed by atoms with E-state index in [1.165, 1.54) is 0 Å². The van der Waals surface area contributed by atoms with Gasteiger partial charge >= 0.3 is 0 Å². The Hall–Kier alpha value is -0.430. The fraction of sp³-hybridized carbons (Fsp3) is 0.692. The predicted octanol–water partition coefficient (Wildman–Crippen LogP) is 2.30. The van der Waals surface area contributed by atoms with Gasteiger partial charge in [-0.15, -0.1) is 11.3 Å². The van der Waals surface area contributed by atoms with Crippen LogP contribution in [0.15, 0.2) is 16.3 Å². The van der Waals surface area contributed by atoms with Crippen LogP contribution < -0.4 is 0 Å². The SMILES string of the molecule is CC(C)C1CCN(S(=O)(=O)c2ccc(CO)s2)CC1. The van der Waals surface area contributed by atoms with Crippen molar-refractivity contribution in [2.24, 2.45) is 11.8 Å². The molecule has 6 heteroatoms. The summed E-state index contributed by atoms with van der Waals surface area (Å²) in [6.07, 6.45) is 1.88. The van der Waals surface area contributed by atoms with E-state index in [2.05, 4.69) is 13.8 Å². The van der Waals surface area contributed by atoms with Gasteiger partial charge in [0.15, 0.2) is 0 Å². The molecule has 1 aromatic rings. The third kappa shape index (κ3) is 3.18. The molecule has 1 aliphatic heterocycles. The number of rotatable bonds is 4. The van der Waals surface area contributed by atoms with Crippen LogP contribution in [0.2, 0.25) is 0 Å². The first-order valence-electron chi connectivity index (χ1n) is 6.65. The van der Waals surface area contributed by atoms with Gasteiger partial charge in [0.25, 0.3) is 10.0 Å². The van der Waals surface area contributed by atoms with Gasteiger partial charge in [-0.1, -0.05) is 13.8 Å². The van der Waals surface area contributed by atoms with Gasteiger partial charge in [0, 0.05) is 18.0 Å². The zero-order chi connectivity index (χ0) is 14.0. The number of hydrogen-bond acceptors (Lipinski definition) is 4. The third-order valence-corrected chi connectivity index (χ3v) is 7.26. The van der Waals surface area contributed by atoms with Crippen LogP contribution in [0.25, 0.3) is 0 Å². The lowest BCUT2D eigenvalue weighted by molar-refractivity contribution is 0.227. The van der Waals surface area contributed by atoms with Crippen LogP contribution in [-0.2, 0) is 16.6 Å². The Morgan fingerprint density at radius 2 is 2.00 bits per heavy atom. The molecule has 0 saturated carbocycles. The molecule has 1 aliphatic rings. The number of hydrogen-bond donors (Lipinski definition) is 1. The second-order valence-corrected chi connectivity index (χ2v) is 8.70. The second-order valence-electron chi connectivity index (χ2n) is 5.36. The van der Waals surface area contributed by atoms with Crippen molar-refractivity contribution in [3.05, 3.63) is 17.0 Å². The molecule has 1 aromatic heterocycles. The normalized spacial score (nSPS) is 19.2. The third-order valence-electron chi connectivity index (χ3n) is 3.83. The highest BCUT2D eigenvalue weighted by atomic mass is 32.2. The molecule has 4 nitrogen and oxygen atoms in total. The van der Waals surface area contributed by atoms with E-state index in [4.69, 9.17) is 5.11 Å². The Balaban J connectivity index is 2.09. The summed E-state index contributed by atoms with van der Waals surface area (Å²) in [5.74, 6) is 1.25. The first-order chi connectivity index (χ1) is 8.95. The summed E-state index contributed by atoms with van der Waals surface area (Å²) in [7, 11) is -3.36. The summed E-state index contributed by atoms with van der Waals surface area (Å²) >= 11 is 1.16. The van der Waals surface area contributed by atoms with E-state index < -0.39 is 10.0 Å². The van der Waals surface area contributed by atoms with Crippen molar-refractivity contribution >= 4 is 21.4 Å². The molecular formula is C13H21NO3S2. The van der Waals surface area contributed by atoms with Gasteiger partial charge in [-0.3, -0.25) is 0 Å². The summed E-state index contributed by atoms with van der Waals surface area (Å²) in [5.41, 5.74) is 0. The Morgan fingerprint density at radius 1 is 1.37 bits per heavy atom. The van der Waals surface area contributed by atoms with Crippen LogP contribution in [0.5, 0.6) is 0 Å². The largest absolute Gasteiger partial charge is 0.391 e. The first kappa shape index (κ1) is 15.0. The molecule has 108 valence electrons. The minimum absolute atomic E-state index is 0.102. The number of sulfonamides is 1. The summed E-state index contributed by atoms with van der Waals surface area (Å²) in [6, 6.07) is 3.28. The zero-order valence-corrected chi connectivity index (χ0v) is 13.0. The maximum absolute atomic E-state index is 12.4. The number of piperidine rings is 1. The standard InChI is InChI=1S/C13H21NO3S2/c1-10(2)11-5-7-14(8-6-11)19(16,17)13-4-3-12(9-15)18-13/h3-4,10-11,15H,5-9H2,1-2H3. The lowest BCUT2D eigenvalue weighted by Gasteiger charge is -2.32. The molecule has 0 atom stereocenters. The van der Waals surface area contributed by atoms with Crippen LogP contribution in [0.1, 0.15) is 31.6 Å². The van der Waals surface area contributed by atoms with Gasteiger partial charge in [0.2, 0.25) is 0 Å². The molecular weight excluding hydrogens is 282 g/mol. The van der Waals surface area contributed by atoms with Crippen LogP contribution in [-0.4, -0.2) is 30.9 Å². The van der Waals surface area contributed by atoms with Gasteiger partial charge in [-0.2, -0.15) is 4.31 Å². The molecule has 0 aliphatic carbocycles. The first-order valence-corrected chi connectivity index (χ1v) is 8.90. The van der Waals surface area contributed by atoms with Crippen molar-refractivity contribution < 1.29 is 13.5 Å². The molecule has 1 N–H and O–H groups in total. The van der Waals surface area contributed by atoms with Crippen LogP contribution in [0, 0.1) is 11.8 Å². The van der Waals surface area contributed by atoms with Crippen LogP contribution in [0.3, 0.4) is 0 Å². The summed E-state index contributed by atoms with van der Waals surface area (Å²) in [5, 5.41) is 9.02. The number of aliphatic hydroxyl groups is 1. The quantitative estimate of drug-likeness (QED) is 0.928. The van der Waals surface area contributed by atoms with E-state index in [9.17, 15) is 8.42 Å². The fourth-order valence-electron chi connectivity index (χ4n) is 2.49. The highest BCUT2D eigenvalue weighted by molar-refractivity contribution is 7.91. The second kappa shape index (κ2) is 5.91. The molecule has 0 radical (unpaired) electrons. The van der Waals surface area contributed by atoms with E-state index >= 15 is 0 Å². The average Bonchev–Trinajstić information content (AvgIpc) is 2.88.